The molecule has 7 heteroatoms. The molecule has 0 aromatic heterocycles. The maximum absolute atomic E-state index is 12.0. The second kappa shape index (κ2) is 15.1. The molecule has 2 N–H and O–H groups in total. The summed E-state index contributed by atoms with van der Waals surface area (Å²) in [7, 11) is 1.39. The molecule has 1 unspecified atom stereocenters. The number of nitrogens with one attached hydrogen (secondary N) is 1. The quantitative estimate of drug-likeness (QED) is 0.481. The lowest BCUT2D eigenvalue weighted by molar-refractivity contribution is -0.146. The molecule has 198 valence electrons. The third-order valence-electron chi connectivity index (χ3n) is 6.60. The molecule has 1 amide bonds. The van der Waals surface area contributed by atoms with Gasteiger partial charge in [-0.15, -0.1) is 0 Å². The van der Waals surface area contributed by atoms with Crippen LogP contribution in [0.1, 0.15) is 90.5 Å². The van der Waals surface area contributed by atoms with Gasteiger partial charge >= 0.3 is 12.1 Å². The van der Waals surface area contributed by atoms with Crippen molar-refractivity contribution < 1.29 is 24.2 Å². The van der Waals surface area contributed by atoms with E-state index in [4.69, 9.17) is 9.47 Å². The van der Waals surface area contributed by atoms with Gasteiger partial charge < -0.3 is 19.9 Å². The van der Waals surface area contributed by atoms with Crippen LogP contribution in [0, 0.1) is 0 Å². The summed E-state index contributed by atoms with van der Waals surface area (Å²) < 4.78 is 10.6. The van der Waals surface area contributed by atoms with E-state index in [1.807, 2.05) is 51.1 Å². The number of hydrogen-bond donors (Lipinski definition) is 2. The maximum Gasteiger partial charge on any atom is 0.410 e. The van der Waals surface area contributed by atoms with Gasteiger partial charge in [0.1, 0.15) is 6.61 Å². The Hall–Kier alpha value is -2.12. The summed E-state index contributed by atoms with van der Waals surface area (Å²) in [4.78, 5) is 24.3. The Morgan fingerprint density at radius 3 is 1.94 bits per heavy atom. The fraction of sp³-hybridized carbons (Fsp3) is 0.714. The lowest BCUT2D eigenvalue weighted by atomic mass is 9.91. The van der Waals surface area contributed by atoms with E-state index in [1.54, 1.807) is 0 Å². The van der Waals surface area contributed by atoms with E-state index in [0.29, 0.717) is 0 Å². The molecule has 3 rings (SSSR count). The first-order valence-corrected chi connectivity index (χ1v) is 13.2. The predicted molar refractivity (Wildman–Crippen MR) is 138 cm³/mol. The van der Waals surface area contributed by atoms with Gasteiger partial charge in [0.05, 0.1) is 12.2 Å². The highest BCUT2D eigenvalue weighted by Crippen LogP contribution is 2.22. The third-order valence-corrected chi connectivity index (χ3v) is 6.60. The molecule has 1 aromatic carbocycles. The first-order chi connectivity index (χ1) is 16.7. The van der Waals surface area contributed by atoms with Gasteiger partial charge in [-0.25, -0.2) is 9.59 Å². The van der Waals surface area contributed by atoms with Crippen LogP contribution in [-0.4, -0.2) is 59.5 Å². The van der Waals surface area contributed by atoms with Crippen LogP contribution >= 0.6 is 0 Å². The highest BCUT2D eigenvalue weighted by Gasteiger charge is 2.29. The Labute approximate surface area is 211 Å². The van der Waals surface area contributed by atoms with E-state index in [1.165, 1.54) is 71.3 Å². The molecule has 1 aromatic rings. The van der Waals surface area contributed by atoms with Crippen molar-refractivity contribution in [3.05, 3.63) is 35.9 Å². The second-order valence-corrected chi connectivity index (χ2v) is 10.8. The number of hydrogen-bond acceptors (Lipinski definition) is 5. The van der Waals surface area contributed by atoms with Gasteiger partial charge in [-0.3, -0.25) is 4.90 Å². The Balaban J connectivity index is 0.000000279. The molecule has 0 spiro atoms. The Bertz CT molecular complexity index is 721. The van der Waals surface area contributed by atoms with Gasteiger partial charge in [0.15, 0.2) is 6.04 Å². The van der Waals surface area contributed by atoms with E-state index in [9.17, 15) is 14.7 Å². The number of ether oxygens (including phenoxy) is 2. The first-order valence-electron chi connectivity index (χ1n) is 13.2. The van der Waals surface area contributed by atoms with Crippen molar-refractivity contribution in [3.63, 3.8) is 0 Å². The summed E-state index contributed by atoms with van der Waals surface area (Å²) in [6, 6.07) is 9.84. The van der Waals surface area contributed by atoms with Crippen molar-refractivity contribution >= 4 is 12.1 Å². The number of likely N-dealkylation sites (N-methyl/N-ethyl adjacent to an activating group) is 1. The molecule has 35 heavy (non-hydrogen) atoms. The third kappa shape index (κ3) is 11.9. The molecule has 0 radical (unpaired) electrons. The van der Waals surface area contributed by atoms with E-state index in [0.717, 1.165) is 22.5 Å². The number of aliphatic carboxylic acids is 1. The number of nitrogens with zero attached hydrogens (tertiary/aromatic N) is 1. The highest BCUT2D eigenvalue weighted by atomic mass is 16.6. The van der Waals surface area contributed by atoms with Crippen molar-refractivity contribution in [2.45, 2.75) is 115 Å². The second-order valence-electron chi connectivity index (χ2n) is 10.8. The summed E-state index contributed by atoms with van der Waals surface area (Å²) in [6.45, 7) is 5.45. The summed E-state index contributed by atoms with van der Waals surface area (Å²) in [5.41, 5.74) is 0.352. The molecular formula is C28H46N2O5. The monoisotopic (exact) mass is 490 g/mol. The largest absolute Gasteiger partial charge is 0.480 e. The molecule has 2 fully saturated rings. The van der Waals surface area contributed by atoms with Crippen LogP contribution in [0.4, 0.5) is 4.79 Å². The van der Waals surface area contributed by atoms with Crippen LogP contribution in [0.15, 0.2) is 30.3 Å². The lowest BCUT2D eigenvalue weighted by Gasteiger charge is -2.30. The van der Waals surface area contributed by atoms with Gasteiger partial charge in [0.2, 0.25) is 0 Å². The van der Waals surface area contributed by atoms with Crippen LogP contribution in [0.5, 0.6) is 0 Å². The number of carbonyl (C=O) groups excluding carboxylic acids is 1. The zero-order chi connectivity index (χ0) is 25.7. The average Bonchev–Trinajstić information content (AvgIpc) is 2.84. The van der Waals surface area contributed by atoms with Crippen LogP contribution in [0.3, 0.4) is 0 Å². The molecule has 0 aliphatic heterocycles. The molecule has 2 saturated carbocycles. The smallest absolute Gasteiger partial charge is 0.410 e. The minimum Gasteiger partial charge on any atom is -0.480 e. The molecular weight excluding hydrogens is 444 g/mol. The summed E-state index contributed by atoms with van der Waals surface area (Å²) in [5.74, 6) is -1.14. The van der Waals surface area contributed by atoms with Crippen molar-refractivity contribution in [2.75, 3.05) is 13.7 Å². The number of carboxylic acids is 1. The van der Waals surface area contributed by atoms with Gasteiger partial charge in [0, 0.05) is 19.1 Å². The van der Waals surface area contributed by atoms with Crippen LogP contribution in [0.2, 0.25) is 0 Å². The fourth-order valence-corrected chi connectivity index (χ4v) is 4.50. The van der Waals surface area contributed by atoms with E-state index >= 15 is 0 Å². The summed E-state index contributed by atoms with van der Waals surface area (Å²) >= 11 is 0. The molecule has 2 aliphatic rings. The zero-order valence-corrected chi connectivity index (χ0v) is 22.1. The minimum absolute atomic E-state index is 0.0937. The van der Waals surface area contributed by atoms with Crippen molar-refractivity contribution in [2.24, 2.45) is 0 Å². The van der Waals surface area contributed by atoms with Gasteiger partial charge in [-0.1, -0.05) is 68.9 Å². The summed E-state index contributed by atoms with van der Waals surface area (Å²) in [5, 5.41) is 13.1. The van der Waals surface area contributed by atoms with Gasteiger partial charge in [0.25, 0.3) is 0 Å². The number of rotatable bonds is 8. The summed E-state index contributed by atoms with van der Waals surface area (Å²) in [6.07, 6.45) is 13.9. The predicted octanol–water partition coefficient (Wildman–Crippen LogP) is 5.76. The SMILES string of the molecule is C1CCC(NC2CCCCC2)CC1.CN(C(=O)OCc1ccccc1)C(COC(C)(C)C)C(=O)O. The standard InChI is InChI=1S/C16H23NO5.C12H23N/c1-16(2,3)22-11-13(14(18)19)17(4)15(20)21-10-12-8-6-5-7-9-12;1-3-7-11(8-4-1)13-12-9-5-2-6-10-12/h5-9,13H,10-11H2,1-4H3,(H,18,19);11-13H,1-10H2. The topological polar surface area (TPSA) is 88.1 Å². The minimum atomic E-state index is -1.14. The van der Waals surface area contributed by atoms with Crippen molar-refractivity contribution in [3.8, 4) is 0 Å². The van der Waals surface area contributed by atoms with Crippen LogP contribution in [-0.2, 0) is 20.9 Å². The molecule has 1 atom stereocenters. The Kier molecular flexibility index (Phi) is 12.6. The van der Waals surface area contributed by atoms with Crippen molar-refractivity contribution in [1.82, 2.24) is 10.2 Å². The van der Waals surface area contributed by atoms with E-state index < -0.39 is 23.7 Å². The zero-order valence-electron chi connectivity index (χ0n) is 22.1. The molecule has 0 heterocycles. The molecule has 0 bridgehead atoms. The number of amides is 1. The fourth-order valence-electron chi connectivity index (χ4n) is 4.50. The normalized spacial score (nSPS) is 18.2. The van der Waals surface area contributed by atoms with Crippen LogP contribution in [0.25, 0.3) is 0 Å². The number of benzene rings is 1. The van der Waals surface area contributed by atoms with E-state index in [-0.39, 0.29) is 13.2 Å². The molecule has 0 saturated heterocycles. The number of carbonyl (C=O) groups is 2. The Morgan fingerprint density at radius 2 is 1.49 bits per heavy atom. The lowest BCUT2D eigenvalue weighted by Crippen LogP contribution is -2.46. The highest BCUT2D eigenvalue weighted by molar-refractivity contribution is 5.80. The first kappa shape index (κ1) is 29.1. The van der Waals surface area contributed by atoms with E-state index in [2.05, 4.69) is 5.32 Å². The molecule has 7 nitrogen and oxygen atoms in total. The van der Waals surface area contributed by atoms with Crippen LogP contribution < -0.4 is 5.32 Å². The van der Waals surface area contributed by atoms with Gasteiger partial charge in [-0.05, 0) is 52.0 Å². The number of carboxylic acid groups (broad SMARTS) is 1. The average molecular weight is 491 g/mol. The molecule has 2 aliphatic carbocycles. The Morgan fingerprint density at radius 1 is 0.971 bits per heavy atom. The van der Waals surface area contributed by atoms with Gasteiger partial charge in [-0.2, -0.15) is 0 Å². The van der Waals surface area contributed by atoms with Crippen molar-refractivity contribution in [1.29, 1.82) is 0 Å². The maximum atomic E-state index is 12.0.